The fourth-order valence-corrected chi connectivity index (χ4v) is 3.49. The van der Waals surface area contributed by atoms with Crippen molar-refractivity contribution >= 4 is 0 Å². The standard InChI is InChI=1S/C18H29N/c1-5-11-19-18(16-10-9-13(2)12-16)17-8-6-7-14(3)15(17)4/h6-8,13,16,18-19H,5,9-12H2,1-4H3. The Morgan fingerprint density at radius 2 is 2.05 bits per heavy atom. The third kappa shape index (κ3) is 3.39. The van der Waals surface area contributed by atoms with Crippen LogP contribution in [-0.2, 0) is 0 Å². The van der Waals surface area contributed by atoms with Gasteiger partial charge in [-0.15, -0.1) is 0 Å². The van der Waals surface area contributed by atoms with E-state index in [-0.39, 0.29) is 0 Å². The van der Waals surface area contributed by atoms with Gasteiger partial charge in [0.1, 0.15) is 0 Å². The smallest absolute Gasteiger partial charge is 0.0351 e. The van der Waals surface area contributed by atoms with Gasteiger partial charge in [-0.1, -0.05) is 38.5 Å². The minimum Gasteiger partial charge on any atom is -0.310 e. The van der Waals surface area contributed by atoms with Crippen molar-refractivity contribution in [1.29, 1.82) is 0 Å². The fourth-order valence-electron chi connectivity index (χ4n) is 3.49. The van der Waals surface area contributed by atoms with Crippen LogP contribution in [-0.4, -0.2) is 6.54 Å². The highest BCUT2D eigenvalue weighted by Gasteiger charge is 2.30. The van der Waals surface area contributed by atoms with E-state index in [0.717, 1.165) is 18.4 Å². The van der Waals surface area contributed by atoms with Gasteiger partial charge in [0.25, 0.3) is 0 Å². The van der Waals surface area contributed by atoms with E-state index in [1.54, 1.807) is 0 Å². The summed E-state index contributed by atoms with van der Waals surface area (Å²) in [5.41, 5.74) is 4.44. The molecular weight excluding hydrogens is 230 g/mol. The van der Waals surface area contributed by atoms with Crippen molar-refractivity contribution < 1.29 is 0 Å². The van der Waals surface area contributed by atoms with E-state index in [1.807, 2.05) is 0 Å². The molecule has 0 amide bonds. The second-order valence-corrected chi connectivity index (χ2v) is 6.40. The van der Waals surface area contributed by atoms with Gasteiger partial charge in [0.05, 0.1) is 0 Å². The highest BCUT2D eigenvalue weighted by atomic mass is 14.9. The molecule has 0 heterocycles. The van der Waals surface area contributed by atoms with Crippen LogP contribution in [0.3, 0.4) is 0 Å². The summed E-state index contributed by atoms with van der Waals surface area (Å²) in [5, 5.41) is 3.82. The van der Waals surface area contributed by atoms with E-state index >= 15 is 0 Å². The summed E-state index contributed by atoms with van der Waals surface area (Å²) in [6, 6.07) is 7.34. The topological polar surface area (TPSA) is 12.0 Å². The number of aryl methyl sites for hydroxylation is 1. The Kier molecular flexibility index (Phi) is 5.04. The average molecular weight is 259 g/mol. The molecule has 19 heavy (non-hydrogen) atoms. The summed E-state index contributed by atoms with van der Waals surface area (Å²) in [4.78, 5) is 0. The lowest BCUT2D eigenvalue weighted by Crippen LogP contribution is -2.28. The largest absolute Gasteiger partial charge is 0.310 e. The molecule has 1 fully saturated rings. The van der Waals surface area contributed by atoms with Crippen molar-refractivity contribution in [3.63, 3.8) is 0 Å². The van der Waals surface area contributed by atoms with Gasteiger partial charge < -0.3 is 5.32 Å². The van der Waals surface area contributed by atoms with E-state index in [4.69, 9.17) is 0 Å². The van der Waals surface area contributed by atoms with Gasteiger partial charge in [0.2, 0.25) is 0 Å². The van der Waals surface area contributed by atoms with Crippen molar-refractivity contribution in [3.05, 3.63) is 34.9 Å². The van der Waals surface area contributed by atoms with Gasteiger partial charge in [-0.2, -0.15) is 0 Å². The summed E-state index contributed by atoms with van der Waals surface area (Å²) in [6.45, 7) is 10.3. The maximum atomic E-state index is 3.82. The minimum atomic E-state index is 0.560. The molecule has 1 aliphatic rings. The van der Waals surface area contributed by atoms with Gasteiger partial charge in [-0.25, -0.2) is 0 Å². The summed E-state index contributed by atoms with van der Waals surface area (Å²) in [5.74, 6) is 1.73. The average Bonchev–Trinajstić information content (AvgIpc) is 2.81. The maximum Gasteiger partial charge on any atom is 0.0351 e. The zero-order valence-electron chi connectivity index (χ0n) is 13.0. The highest BCUT2D eigenvalue weighted by Crippen LogP contribution is 2.40. The van der Waals surface area contributed by atoms with Crippen molar-refractivity contribution in [3.8, 4) is 0 Å². The van der Waals surface area contributed by atoms with Crippen molar-refractivity contribution in [2.75, 3.05) is 6.54 Å². The van der Waals surface area contributed by atoms with Crippen molar-refractivity contribution in [2.24, 2.45) is 11.8 Å². The zero-order chi connectivity index (χ0) is 13.8. The van der Waals surface area contributed by atoms with E-state index in [2.05, 4.69) is 51.2 Å². The number of hydrogen-bond acceptors (Lipinski definition) is 1. The van der Waals surface area contributed by atoms with Crippen molar-refractivity contribution in [2.45, 2.75) is 59.4 Å². The Labute approximate surface area is 118 Å². The highest BCUT2D eigenvalue weighted by molar-refractivity contribution is 5.35. The Hall–Kier alpha value is -0.820. The summed E-state index contributed by atoms with van der Waals surface area (Å²) in [7, 11) is 0. The van der Waals surface area contributed by atoms with Crippen LogP contribution in [0.15, 0.2) is 18.2 Å². The number of rotatable bonds is 5. The molecule has 1 nitrogen and oxygen atoms in total. The molecule has 1 aromatic carbocycles. The molecule has 3 unspecified atom stereocenters. The predicted octanol–water partition coefficient (Wildman–Crippen LogP) is 4.78. The third-order valence-corrected chi connectivity index (χ3v) is 4.80. The van der Waals surface area contributed by atoms with Crippen LogP contribution in [0.2, 0.25) is 0 Å². The summed E-state index contributed by atoms with van der Waals surface area (Å²) >= 11 is 0. The molecular formula is C18H29N. The number of benzene rings is 1. The summed E-state index contributed by atoms with van der Waals surface area (Å²) < 4.78 is 0. The first-order valence-electron chi connectivity index (χ1n) is 7.93. The van der Waals surface area contributed by atoms with E-state index < -0.39 is 0 Å². The lowest BCUT2D eigenvalue weighted by atomic mass is 9.87. The van der Waals surface area contributed by atoms with E-state index in [1.165, 1.54) is 42.4 Å². The Balaban J connectivity index is 2.23. The van der Waals surface area contributed by atoms with Crippen LogP contribution in [0.25, 0.3) is 0 Å². The molecule has 0 saturated heterocycles. The number of hydrogen-bond donors (Lipinski definition) is 1. The molecule has 1 N–H and O–H groups in total. The second kappa shape index (κ2) is 6.56. The van der Waals surface area contributed by atoms with Crippen LogP contribution in [0.5, 0.6) is 0 Å². The minimum absolute atomic E-state index is 0.560. The molecule has 106 valence electrons. The SMILES string of the molecule is CCCNC(c1cccc(C)c1C)C1CCC(C)C1. The van der Waals surface area contributed by atoms with Crippen LogP contribution >= 0.6 is 0 Å². The van der Waals surface area contributed by atoms with Crippen molar-refractivity contribution in [1.82, 2.24) is 5.32 Å². The van der Waals surface area contributed by atoms with Gasteiger partial charge in [0.15, 0.2) is 0 Å². The zero-order valence-corrected chi connectivity index (χ0v) is 13.0. The first kappa shape index (κ1) is 14.6. The first-order chi connectivity index (χ1) is 9.13. The molecule has 0 spiro atoms. The lowest BCUT2D eigenvalue weighted by molar-refractivity contribution is 0.358. The van der Waals surface area contributed by atoms with Gasteiger partial charge >= 0.3 is 0 Å². The Morgan fingerprint density at radius 1 is 1.26 bits per heavy atom. The number of nitrogens with one attached hydrogen (secondary N) is 1. The molecule has 0 aromatic heterocycles. The monoisotopic (exact) mass is 259 g/mol. The van der Waals surface area contributed by atoms with Crippen LogP contribution in [0.1, 0.15) is 62.3 Å². The molecule has 1 heteroatoms. The Bertz CT molecular complexity index is 410. The third-order valence-electron chi connectivity index (χ3n) is 4.80. The lowest BCUT2D eigenvalue weighted by Gasteiger charge is -2.27. The van der Waals surface area contributed by atoms with E-state index in [9.17, 15) is 0 Å². The molecule has 0 bridgehead atoms. The molecule has 1 aliphatic carbocycles. The van der Waals surface area contributed by atoms with Crippen LogP contribution < -0.4 is 5.32 Å². The molecule has 1 saturated carbocycles. The molecule has 3 atom stereocenters. The molecule has 2 rings (SSSR count). The Morgan fingerprint density at radius 3 is 2.68 bits per heavy atom. The summed E-state index contributed by atoms with van der Waals surface area (Å²) in [6.07, 6.45) is 5.38. The normalized spacial score (nSPS) is 24.6. The second-order valence-electron chi connectivity index (χ2n) is 6.40. The quantitative estimate of drug-likeness (QED) is 0.802. The van der Waals surface area contributed by atoms with Gasteiger partial charge in [0, 0.05) is 6.04 Å². The fraction of sp³-hybridized carbons (Fsp3) is 0.667. The molecule has 0 aliphatic heterocycles. The van der Waals surface area contributed by atoms with E-state index in [0.29, 0.717) is 6.04 Å². The van der Waals surface area contributed by atoms with Crippen LogP contribution in [0, 0.1) is 25.7 Å². The molecule has 1 aromatic rings. The maximum absolute atomic E-state index is 3.82. The molecule has 0 radical (unpaired) electrons. The first-order valence-corrected chi connectivity index (χ1v) is 7.93. The van der Waals surface area contributed by atoms with Gasteiger partial charge in [-0.05, 0) is 68.2 Å². The van der Waals surface area contributed by atoms with Crippen LogP contribution in [0.4, 0.5) is 0 Å². The van der Waals surface area contributed by atoms with Gasteiger partial charge in [-0.3, -0.25) is 0 Å². The predicted molar refractivity (Wildman–Crippen MR) is 83.5 cm³/mol.